The van der Waals surface area contributed by atoms with Gasteiger partial charge in [-0.1, -0.05) is 12.1 Å². The number of amides is 1. The summed E-state index contributed by atoms with van der Waals surface area (Å²) in [6, 6.07) is 8.76. The first kappa shape index (κ1) is 15.8. The van der Waals surface area contributed by atoms with Crippen LogP contribution in [-0.4, -0.2) is 23.0 Å². The molecule has 3 rings (SSSR count). The number of ether oxygens (including phenoxy) is 1. The summed E-state index contributed by atoms with van der Waals surface area (Å²) in [5.74, 6) is -2.08. The molecule has 1 amide bonds. The van der Waals surface area contributed by atoms with Gasteiger partial charge in [-0.05, 0) is 19.1 Å². The van der Waals surface area contributed by atoms with E-state index in [0.29, 0.717) is 17.1 Å². The van der Waals surface area contributed by atoms with Crippen LogP contribution >= 0.6 is 0 Å². The predicted molar refractivity (Wildman–Crippen MR) is 85.1 cm³/mol. The zero-order valence-corrected chi connectivity index (χ0v) is 12.9. The van der Waals surface area contributed by atoms with Crippen molar-refractivity contribution in [2.45, 2.75) is 6.92 Å². The number of carbonyl (C=O) groups is 1. The van der Waals surface area contributed by atoms with E-state index >= 15 is 0 Å². The van der Waals surface area contributed by atoms with Crippen molar-refractivity contribution in [1.82, 2.24) is 9.97 Å². The lowest BCUT2D eigenvalue weighted by molar-refractivity contribution is 0.102. The molecule has 3 aromatic rings. The van der Waals surface area contributed by atoms with E-state index < -0.39 is 17.5 Å². The number of benzene rings is 2. The lowest BCUT2D eigenvalue weighted by Crippen LogP contribution is -2.17. The van der Waals surface area contributed by atoms with Crippen LogP contribution in [0.15, 0.2) is 36.4 Å². The third kappa shape index (κ3) is 2.88. The molecule has 0 bridgehead atoms. The first-order chi connectivity index (χ1) is 11.5. The third-order valence-corrected chi connectivity index (χ3v) is 3.45. The van der Waals surface area contributed by atoms with Crippen LogP contribution in [0.25, 0.3) is 11.0 Å². The number of hydrogen-bond acceptors (Lipinski definition) is 4. The second kappa shape index (κ2) is 6.19. The summed E-state index contributed by atoms with van der Waals surface area (Å²) in [4.78, 5) is 20.7. The number of halogens is 2. The van der Waals surface area contributed by atoms with Gasteiger partial charge in [0.1, 0.15) is 11.4 Å². The summed E-state index contributed by atoms with van der Waals surface area (Å²) >= 11 is 0. The Hall–Kier alpha value is -3.09. The minimum atomic E-state index is -1.04. The Kier molecular flexibility index (Phi) is 4.07. The maximum Gasteiger partial charge on any atom is 0.276 e. The molecule has 0 saturated heterocycles. The standard InChI is InChI=1S/C17H13F2N3O2/c1-9-16(17(23)22-12-5-3-4-6-15(12)24-2)21-14-8-11(19)10(18)7-13(14)20-9/h3-8H,1-2H3,(H,22,23). The molecule has 0 atom stereocenters. The topological polar surface area (TPSA) is 64.1 Å². The van der Waals surface area contributed by atoms with Gasteiger partial charge in [0.25, 0.3) is 5.91 Å². The average Bonchev–Trinajstić information content (AvgIpc) is 2.56. The largest absolute Gasteiger partial charge is 0.495 e. The van der Waals surface area contributed by atoms with E-state index in [2.05, 4.69) is 15.3 Å². The smallest absolute Gasteiger partial charge is 0.276 e. The maximum absolute atomic E-state index is 13.4. The van der Waals surface area contributed by atoms with E-state index in [1.54, 1.807) is 31.2 Å². The molecule has 0 spiro atoms. The molecule has 1 aromatic heterocycles. The lowest BCUT2D eigenvalue weighted by atomic mass is 10.2. The number of aromatic nitrogens is 2. The molecule has 2 aromatic carbocycles. The van der Waals surface area contributed by atoms with Gasteiger partial charge in [-0.2, -0.15) is 0 Å². The van der Waals surface area contributed by atoms with Gasteiger partial charge in [0.2, 0.25) is 0 Å². The number of methoxy groups -OCH3 is 1. The Morgan fingerprint density at radius 3 is 2.38 bits per heavy atom. The Morgan fingerprint density at radius 1 is 1.08 bits per heavy atom. The second-order valence-corrected chi connectivity index (χ2v) is 5.07. The zero-order chi connectivity index (χ0) is 17.3. The molecule has 5 nitrogen and oxygen atoms in total. The van der Waals surface area contributed by atoms with Gasteiger partial charge in [-0.15, -0.1) is 0 Å². The molecular formula is C17H13F2N3O2. The highest BCUT2D eigenvalue weighted by Crippen LogP contribution is 2.24. The van der Waals surface area contributed by atoms with Gasteiger partial charge >= 0.3 is 0 Å². The van der Waals surface area contributed by atoms with Gasteiger partial charge in [-0.3, -0.25) is 4.79 Å². The molecule has 0 aliphatic rings. The molecule has 0 fully saturated rings. The van der Waals surface area contributed by atoms with Crippen molar-refractivity contribution in [3.8, 4) is 5.75 Å². The fourth-order valence-electron chi connectivity index (χ4n) is 2.28. The number of carbonyl (C=O) groups excluding carboxylic acids is 1. The summed E-state index contributed by atoms with van der Waals surface area (Å²) < 4.78 is 31.8. The van der Waals surface area contributed by atoms with E-state index in [1.807, 2.05) is 0 Å². The van der Waals surface area contributed by atoms with Gasteiger partial charge in [-0.25, -0.2) is 18.7 Å². The summed E-state index contributed by atoms with van der Waals surface area (Å²) in [5, 5.41) is 2.68. The van der Waals surface area contributed by atoms with E-state index in [1.165, 1.54) is 7.11 Å². The quantitative estimate of drug-likeness (QED) is 0.799. The molecule has 0 aliphatic carbocycles. The molecule has 122 valence electrons. The van der Waals surface area contributed by atoms with Crippen LogP contribution in [0.3, 0.4) is 0 Å². The Morgan fingerprint density at radius 2 is 1.71 bits per heavy atom. The number of hydrogen-bond donors (Lipinski definition) is 1. The minimum absolute atomic E-state index is 0.0272. The van der Waals surface area contributed by atoms with Crippen LogP contribution in [0.5, 0.6) is 5.75 Å². The summed E-state index contributed by atoms with van der Waals surface area (Å²) in [6.45, 7) is 1.57. The Bertz CT molecular complexity index is 945. The fourth-order valence-corrected chi connectivity index (χ4v) is 2.28. The van der Waals surface area contributed by atoms with Gasteiger partial charge in [0.15, 0.2) is 11.6 Å². The first-order valence-electron chi connectivity index (χ1n) is 7.07. The number of rotatable bonds is 3. The van der Waals surface area contributed by atoms with Crippen LogP contribution in [0.2, 0.25) is 0 Å². The molecule has 0 saturated carbocycles. The SMILES string of the molecule is COc1ccccc1NC(=O)c1nc2cc(F)c(F)cc2nc1C. The van der Waals surface area contributed by atoms with E-state index in [4.69, 9.17) is 4.74 Å². The summed E-state index contributed by atoms with van der Waals surface area (Å²) in [6.07, 6.45) is 0. The van der Waals surface area contributed by atoms with Crippen LogP contribution in [0.4, 0.5) is 14.5 Å². The molecular weight excluding hydrogens is 316 g/mol. The summed E-state index contributed by atoms with van der Waals surface area (Å²) in [7, 11) is 1.49. The Balaban J connectivity index is 2.00. The summed E-state index contributed by atoms with van der Waals surface area (Å²) in [5.41, 5.74) is 1.09. The normalized spacial score (nSPS) is 10.7. The number of anilines is 1. The first-order valence-corrected chi connectivity index (χ1v) is 7.07. The van der Waals surface area contributed by atoms with Crippen molar-refractivity contribution in [2.24, 2.45) is 0 Å². The van der Waals surface area contributed by atoms with Gasteiger partial charge < -0.3 is 10.1 Å². The van der Waals surface area contributed by atoms with Gasteiger partial charge in [0.05, 0.1) is 29.5 Å². The molecule has 0 aliphatic heterocycles. The van der Waals surface area contributed by atoms with E-state index in [0.717, 1.165) is 12.1 Å². The van der Waals surface area contributed by atoms with Crippen molar-refractivity contribution < 1.29 is 18.3 Å². The number of aryl methyl sites for hydroxylation is 1. The third-order valence-electron chi connectivity index (χ3n) is 3.45. The molecule has 1 heterocycles. The molecule has 0 unspecified atom stereocenters. The zero-order valence-electron chi connectivity index (χ0n) is 12.9. The highest BCUT2D eigenvalue weighted by Gasteiger charge is 2.17. The predicted octanol–water partition coefficient (Wildman–Crippen LogP) is 3.48. The monoisotopic (exact) mass is 329 g/mol. The number of nitrogens with one attached hydrogen (secondary N) is 1. The maximum atomic E-state index is 13.4. The molecule has 7 heteroatoms. The van der Waals surface area contributed by atoms with Crippen LogP contribution in [0, 0.1) is 18.6 Å². The lowest BCUT2D eigenvalue weighted by Gasteiger charge is -2.11. The highest BCUT2D eigenvalue weighted by molar-refractivity contribution is 6.05. The average molecular weight is 329 g/mol. The fraction of sp³-hybridized carbons (Fsp3) is 0.118. The number of fused-ring (bicyclic) bond motifs is 1. The van der Waals surface area contributed by atoms with Gasteiger partial charge in [0, 0.05) is 12.1 Å². The van der Waals surface area contributed by atoms with Crippen LogP contribution in [0.1, 0.15) is 16.2 Å². The van der Waals surface area contributed by atoms with Crippen LogP contribution < -0.4 is 10.1 Å². The van der Waals surface area contributed by atoms with Crippen molar-refractivity contribution in [3.63, 3.8) is 0 Å². The van der Waals surface area contributed by atoms with Crippen molar-refractivity contribution in [1.29, 1.82) is 0 Å². The van der Waals surface area contributed by atoms with Crippen LogP contribution in [-0.2, 0) is 0 Å². The minimum Gasteiger partial charge on any atom is -0.495 e. The Labute approximate surface area is 136 Å². The molecule has 0 radical (unpaired) electrons. The van der Waals surface area contributed by atoms with Crippen molar-refractivity contribution in [2.75, 3.05) is 12.4 Å². The number of nitrogens with zero attached hydrogens (tertiary/aromatic N) is 2. The van der Waals surface area contributed by atoms with E-state index in [-0.39, 0.29) is 16.7 Å². The van der Waals surface area contributed by atoms with Crippen molar-refractivity contribution in [3.05, 3.63) is 59.4 Å². The van der Waals surface area contributed by atoms with E-state index in [9.17, 15) is 13.6 Å². The molecule has 1 N–H and O–H groups in total. The second-order valence-electron chi connectivity index (χ2n) is 5.07. The molecule has 24 heavy (non-hydrogen) atoms. The number of para-hydroxylation sites is 2. The highest BCUT2D eigenvalue weighted by atomic mass is 19.2. The van der Waals surface area contributed by atoms with Crippen molar-refractivity contribution >= 4 is 22.6 Å².